The summed E-state index contributed by atoms with van der Waals surface area (Å²) in [4.78, 5) is 29.1. The van der Waals surface area contributed by atoms with Crippen LogP contribution in [0.3, 0.4) is 0 Å². The number of piperazine rings is 1. The van der Waals surface area contributed by atoms with Crippen LogP contribution in [0.4, 0.5) is 11.5 Å². The molecule has 1 saturated heterocycles. The van der Waals surface area contributed by atoms with Gasteiger partial charge < -0.3 is 19.9 Å². The van der Waals surface area contributed by atoms with E-state index in [1.807, 2.05) is 30.3 Å². The highest BCUT2D eigenvalue weighted by atomic mass is 32.1. The van der Waals surface area contributed by atoms with Crippen molar-refractivity contribution < 1.29 is 9.53 Å². The number of ether oxygens (including phenoxy) is 1. The zero-order valence-electron chi connectivity index (χ0n) is 18.4. The van der Waals surface area contributed by atoms with E-state index in [0.29, 0.717) is 11.0 Å². The number of fused-ring (bicyclic) bond motifs is 1. The maximum absolute atomic E-state index is 11.6. The minimum atomic E-state index is -0.492. The number of carbonyl (C=O) groups excluding carboxylic acids is 1. The molecule has 32 heavy (non-hydrogen) atoms. The summed E-state index contributed by atoms with van der Waals surface area (Å²) in [6.45, 7) is 6.63. The van der Waals surface area contributed by atoms with Crippen molar-refractivity contribution in [3.05, 3.63) is 54.6 Å². The van der Waals surface area contributed by atoms with Crippen molar-refractivity contribution >= 4 is 45.7 Å². The van der Waals surface area contributed by atoms with Gasteiger partial charge in [0.25, 0.3) is 0 Å². The minimum absolute atomic E-state index is 0.193. The van der Waals surface area contributed by atoms with Gasteiger partial charge in [0.1, 0.15) is 5.82 Å². The Morgan fingerprint density at radius 2 is 2.00 bits per heavy atom. The number of thiocarbonyl (C=S) groups is 1. The van der Waals surface area contributed by atoms with Crippen LogP contribution in [0.1, 0.15) is 24.3 Å². The fourth-order valence-electron chi connectivity index (χ4n) is 3.93. The molecule has 0 radical (unpaired) electrons. The quantitative estimate of drug-likeness (QED) is 0.475. The standard InChI is InChI=1S/C23H26N6O2S/c1-15(2)20-14-28(21-13-25-19(12-26-21)22(30)31-3)10-11-29(20)23(32)27-18-8-4-7-17-16(18)6-5-9-24-17/h4-9,12-13,15,20H,10-11,14H2,1-3H3,(H,27,32). The summed E-state index contributed by atoms with van der Waals surface area (Å²) < 4.78 is 4.70. The second-order valence-corrected chi connectivity index (χ2v) is 8.39. The molecule has 4 rings (SSSR count). The van der Waals surface area contributed by atoms with Crippen molar-refractivity contribution in [1.82, 2.24) is 19.9 Å². The lowest BCUT2D eigenvalue weighted by Gasteiger charge is -2.45. The third-order valence-electron chi connectivity index (χ3n) is 5.69. The first-order valence-electron chi connectivity index (χ1n) is 10.5. The Balaban J connectivity index is 1.49. The normalized spacial score (nSPS) is 16.3. The first kappa shape index (κ1) is 21.9. The van der Waals surface area contributed by atoms with E-state index in [9.17, 15) is 4.79 Å². The van der Waals surface area contributed by atoms with E-state index >= 15 is 0 Å². The molecule has 9 heteroatoms. The highest BCUT2D eigenvalue weighted by Crippen LogP contribution is 2.25. The summed E-state index contributed by atoms with van der Waals surface area (Å²) in [6, 6.07) is 10.2. The topological polar surface area (TPSA) is 83.5 Å². The number of nitrogens with one attached hydrogen (secondary N) is 1. The van der Waals surface area contributed by atoms with Crippen LogP contribution in [0, 0.1) is 5.92 Å². The number of rotatable bonds is 4. The Labute approximate surface area is 192 Å². The Morgan fingerprint density at radius 1 is 1.16 bits per heavy atom. The van der Waals surface area contributed by atoms with Gasteiger partial charge in [-0.3, -0.25) is 4.98 Å². The highest BCUT2D eigenvalue weighted by molar-refractivity contribution is 7.80. The number of anilines is 2. The Bertz CT molecular complexity index is 1120. The number of carbonyl (C=O) groups is 1. The Hall–Kier alpha value is -3.33. The van der Waals surface area contributed by atoms with E-state index in [2.05, 4.69) is 43.9 Å². The number of pyridine rings is 1. The van der Waals surface area contributed by atoms with Crippen molar-refractivity contribution in [2.45, 2.75) is 19.9 Å². The molecular weight excluding hydrogens is 424 g/mol. The average molecular weight is 451 g/mol. The lowest BCUT2D eigenvalue weighted by atomic mass is 10.00. The summed E-state index contributed by atoms with van der Waals surface area (Å²) in [7, 11) is 1.33. The molecule has 0 spiro atoms. The van der Waals surface area contributed by atoms with Crippen LogP contribution in [0.25, 0.3) is 10.9 Å². The number of hydrogen-bond acceptors (Lipinski definition) is 7. The van der Waals surface area contributed by atoms with E-state index in [-0.39, 0.29) is 11.7 Å². The lowest BCUT2D eigenvalue weighted by Crippen LogP contribution is -2.58. The molecule has 1 aromatic carbocycles. The molecule has 1 fully saturated rings. The predicted molar refractivity (Wildman–Crippen MR) is 129 cm³/mol. The molecule has 1 atom stereocenters. The number of aromatic nitrogens is 3. The summed E-state index contributed by atoms with van der Waals surface area (Å²) >= 11 is 5.83. The number of esters is 1. The van der Waals surface area contributed by atoms with Gasteiger partial charge in [-0.15, -0.1) is 0 Å². The van der Waals surface area contributed by atoms with Gasteiger partial charge in [-0.1, -0.05) is 19.9 Å². The molecule has 166 valence electrons. The minimum Gasteiger partial charge on any atom is -0.464 e. The fourth-order valence-corrected chi connectivity index (χ4v) is 4.27. The summed E-state index contributed by atoms with van der Waals surface area (Å²) in [5, 5.41) is 5.18. The van der Waals surface area contributed by atoms with Gasteiger partial charge in [-0.25, -0.2) is 14.8 Å². The summed E-state index contributed by atoms with van der Waals surface area (Å²) in [6.07, 6.45) is 4.87. The lowest BCUT2D eigenvalue weighted by molar-refractivity contribution is 0.0593. The third-order valence-corrected chi connectivity index (χ3v) is 6.03. The molecular formula is C23H26N6O2S. The SMILES string of the molecule is COC(=O)c1cnc(N2CCN(C(=S)Nc3cccc4ncccc34)C(C(C)C)C2)cn1. The van der Waals surface area contributed by atoms with Crippen LogP contribution < -0.4 is 10.2 Å². The zero-order valence-corrected chi connectivity index (χ0v) is 19.2. The van der Waals surface area contributed by atoms with Crippen LogP contribution in [-0.2, 0) is 4.74 Å². The Morgan fingerprint density at radius 3 is 2.72 bits per heavy atom. The fraction of sp³-hybridized carbons (Fsp3) is 0.348. The molecule has 1 unspecified atom stereocenters. The molecule has 3 aromatic rings. The van der Waals surface area contributed by atoms with Crippen LogP contribution in [0.15, 0.2) is 48.9 Å². The Kier molecular flexibility index (Phi) is 6.45. The number of methoxy groups -OCH3 is 1. The van der Waals surface area contributed by atoms with Crippen LogP contribution in [0.5, 0.6) is 0 Å². The number of hydrogen-bond donors (Lipinski definition) is 1. The van der Waals surface area contributed by atoms with Gasteiger partial charge in [0.15, 0.2) is 10.8 Å². The number of nitrogens with zero attached hydrogens (tertiary/aromatic N) is 5. The molecule has 1 N–H and O–H groups in total. The first-order chi connectivity index (χ1) is 15.5. The first-order valence-corrected chi connectivity index (χ1v) is 11.0. The molecule has 0 saturated carbocycles. The van der Waals surface area contributed by atoms with Crippen LogP contribution in [0.2, 0.25) is 0 Å². The number of benzene rings is 1. The predicted octanol–water partition coefficient (Wildman–Crippen LogP) is 3.36. The highest BCUT2D eigenvalue weighted by Gasteiger charge is 2.31. The second kappa shape index (κ2) is 9.44. The van der Waals surface area contributed by atoms with Crippen LogP contribution in [-0.4, -0.2) is 63.7 Å². The van der Waals surface area contributed by atoms with E-state index in [4.69, 9.17) is 17.0 Å². The molecule has 0 aliphatic carbocycles. The van der Waals surface area contributed by atoms with E-state index in [1.54, 1.807) is 12.4 Å². The van der Waals surface area contributed by atoms with Gasteiger partial charge in [-0.05, 0) is 42.4 Å². The van der Waals surface area contributed by atoms with E-state index < -0.39 is 5.97 Å². The third kappa shape index (κ3) is 4.47. The maximum Gasteiger partial charge on any atom is 0.358 e. The van der Waals surface area contributed by atoms with Gasteiger partial charge >= 0.3 is 5.97 Å². The molecule has 0 amide bonds. The van der Waals surface area contributed by atoms with Crippen molar-refractivity contribution in [3.63, 3.8) is 0 Å². The smallest absolute Gasteiger partial charge is 0.358 e. The largest absolute Gasteiger partial charge is 0.464 e. The van der Waals surface area contributed by atoms with Gasteiger partial charge in [0.2, 0.25) is 0 Å². The van der Waals surface area contributed by atoms with Crippen molar-refractivity contribution in [3.8, 4) is 0 Å². The van der Waals surface area contributed by atoms with E-state index in [0.717, 1.165) is 42.0 Å². The van der Waals surface area contributed by atoms with Crippen molar-refractivity contribution in [2.24, 2.45) is 5.92 Å². The maximum atomic E-state index is 11.6. The van der Waals surface area contributed by atoms with Crippen molar-refractivity contribution in [2.75, 3.05) is 37.0 Å². The van der Waals surface area contributed by atoms with Gasteiger partial charge in [0.05, 0.1) is 31.1 Å². The van der Waals surface area contributed by atoms with Gasteiger partial charge in [-0.2, -0.15) is 0 Å². The monoisotopic (exact) mass is 450 g/mol. The summed E-state index contributed by atoms with van der Waals surface area (Å²) in [5.41, 5.74) is 2.08. The molecule has 1 aliphatic rings. The molecule has 3 heterocycles. The molecule has 8 nitrogen and oxygen atoms in total. The van der Waals surface area contributed by atoms with Crippen LogP contribution >= 0.6 is 12.2 Å². The molecule has 2 aromatic heterocycles. The van der Waals surface area contributed by atoms with E-state index in [1.165, 1.54) is 13.3 Å². The average Bonchev–Trinajstić information content (AvgIpc) is 2.83. The zero-order chi connectivity index (χ0) is 22.7. The molecule has 0 bridgehead atoms. The van der Waals surface area contributed by atoms with Gasteiger partial charge in [0, 0.05) is 36.9 Å². The second-order valence-electron chi connectivity index (χ2n) is 8.01. The molecule has 1 aliphatic heterocycles. The summed E-state index contributed by atoms with van der Waals surface area (Å²) in [5.74, 6) is 0.616. The van der Waals surface area contributed by atoms with Crippen molar-refractivity contribution in [1.29, 1.82) is 0 Å².